The van der Waals surface area contributed by atoms with Crippen LogP contribution in [0.15, 0.2) is 35.8 Å². The normalized spacial score (nSPS) is 9.94. The summed E-state index contributed by atoms with van der Waals surface area (Å²) >= 11 is 1.33. The number of hydrogen-bond acceptors (Lipinski definition) is 4. The molecule has 4 nitrogen and oxygen atoms in total. The zero-order valence-electron chi connectivity index (χ0n) is 9.34. The highest BCUT2D eigenvalue weighted by atomic mass is 32.1. The number of carbonyl (C=O) groups excluding carboxylic acids is 1. The van der Waals surface area contributed by atoms with E-state index in [1.165, 1.54) is 11.3 Å². The molecule has 0 aliphatic heterocycles. The van der Waals surface area contributed by atoms with Gasteiger partial charge in [0.15, 0.2) is 5.01 Å². The van der Waals surface area contributed by atoms with E-state index in [4.69, 9.17) is 4.74 Å². The van der Waals surface area contributed by atoms with Crippen molar-refractivity contribution in [2.24, 2.45) is 0 Å². The van der Waals surface area contributed by atoms with Crippen molar-refractivity contribution in [3.8, 4) is 5.75 Å². The topological polar surface area (TPSA) is 51.2 Å². The summed E-state index contributed by atoms with van der Waals surface area (Å²) < 4.78 is 5.06. The first-order chi connectivity index (χ1) is 8.29. The zero-order chi connectivity index (χ0) is 12.1. The summed E-state index contributed by atoms with van der Waals surface area (Å²) in [5.41, 5.74) is 1.02. The number of methoxy groups -OCH3 is 1. The maximum Gasteiger partial charge on any atom is 0.280 e. The third kappa shape index (κ3) is 3.04. The van der Waals surface area contributed by atoms with Gasteiger partial charge in [0.25, 0.3) is 5.91 Å². The number of amides is 1. The van der Waals surface area contributed by atoms with Crippen LogP contribution in [0.2, 0.25) is 0 Å². The van der Waals surface area contributed by atoms with E-state index in [1.807, 2.05) is 24.3 Å². The van der Waals surface area contributed by atoms with Crippen LogP contribution in [0, 0.1) is 0 Å². The average molecular weight is 248 g/mol. The second-order valence-corrected chi connectivity index (χ2v) is 4.26. The van der Waals surface area contributed by atoms with Gasteiger partial charge >= 0.3 is 0 Å². The Balaban J connectivity index is 1.91. The molecular formula is C12H12N2O2S. The molecule has 0 bridgehead atoms. The van der Waals surface area contributed by atoms with E-state index in [0.29, 0.717) is 11.6 Å². The lowest BCUT2D eigenvalue weighted by molar-refractivity contribution is 0.0950. The summed E-state index contributed by atoms with van der Waals surface area (Å²) in [4.78, 5) is 15.6. The highest BCUT2D eigenvalue weighted by molar-refractivity contribution is 7.11. The van der Waals surface area contributed by atoms with Gasteiger partial charge in [-0.3, -0.25) is 4.79 Å². The molecule has 88 valence electrons. The third-order valence-electron chi connectivity index (χ3n) is 2.24. The lowest BCUT2D eigenvalue weighted by Gasteiger charge is -2.04. The van der Waals surface area contributed by atoms with Crippen LogP contribution in [0.1, 0.15) is 15.4 Å². The van der Waals surface area contributed by atoms with Crippen LogP contribution in [-0.2, 0) is 6.54 Å². The van der Waals surface area contributed by atoms with E-state index in [1.54, 1.807) is 18.7 Å². The van der Waals surface area contributed by atoms with Crippen molar-refractivity contribution in [2.45, 2.75) is 6.54 Å². The predicted molar refractivity (Wildman–Crippen MR) is 66.3 cm³/mol. The molecule has 17 heavy (non-hydrogen) atoms. The second kappa shape index (κ2) is 5.45. The van der Waals surface area contributed by atoms with E-state index in [9.17, 15) is 4.79 Å². The molecule has 1 amide bonds. The van der Waals surface area contributed by atoms with E-state index >= 15 is 0 Å². The van der Waals surface area contributed by atoms with Gasteiger partial charge in [0.1, 0.15) is 5.75 Å². The minimum atomic E-state index is -0.143. The molecule has 2 rings (SSSR count). The molecule has 0 fully saturated rings. The molecular weight excluding hydrogens is 236 g/mol. The van der Waals surface area contributed by atoms with Crippen molar-refractivity contribution in [3.63, 3.8) is 0 Å². The van der Waals surface area contributed by atoms with Crippen molar-refractivity contribution < 1.29 is 9.53 Å². The number of aromatic nitrogens is 1. The van der Waals surface area contributed by atoms with Gasteiger partial charge in [0.2, 0.25) is 0 Å². The lowest BCUT2D eigenvalue weighted by atomic mass is 10.2. The molecule has 5 heteroatoms. The Labute approximate surface area is 103 Å². The molecule has 0 saturated carbocycles. The first kappa shape index (κ1) is 11.6. The molecule has 0 unspecified atom stereocenters. The van der Waals surface area contributed by atoms with Crippen LogP contribution in [0.25, 0.3) is 0 Å². The number of rotatable bonds is 4. The van der Waals surface area contributed by atoms with Gasteiger partial charge in [-0.25, -0.2) is 4.98 Å². The van der Waals surface area contributed by atoms with Crippen LogP contribution in [0.4, 0.5) is 0 Å². The lowest BCUT2D eigenvalue weighted by Crippen LogP contribution is -2.22. The number of ether oxygens (including phenoxy) is 1. The SMILES string of the molecule is COc1ccc(CNC(=O)c2nccs2)cc1. The fraction of sp³-hybridized carbons (Fsp3) is 0.167. The monoisotopic (exact) mass is 248 g/mol. The molecule has 1 N–H and O–H groups in total. The quantitative estimate of drug-likeness (QED) is 0.901. The van der Waals surface area contributed by atoms with E-state index in [2.05, 4.69) is 10.3 Å². The largest absolute Gasteiger partial charge is 0.497 e. The predicted octanol–water partition coefficient (Wildman–Crippen LogP) is 2.08. The van der Waals surface area contributed by atoms with Crippen molar-refractivity contribution in [2.75, 3.05) is 7.11 Å². The van der Waals surface area contributed by atoms with E-state index < -0.39 is 0 Å². The number of nitrogens with zero attached hydrogens (tertiary/aromatic N) is 1. The molecule has 0 atom stereocenters. The molecule has 0 radical (unpaired) electrons. The third-order valence-corrected chi connectivity index (χ3v) is 3.01. The summed E-state index contributed by atoms with van der Waals surface area (Å²) in [5.74, 6) is 0.663. The maximum atomic E-state index is 11.6. The van der Waals surface area contributed by atoms with Gasteiger partial charge < -0.3 is 10.1 Å². The number of nitrogens with one attached hydrogen (secondary N) is 1. The highest BCUT2D eigenvalue weighted by Gasteiger charge is 2.07. The number of carbonyl (C=O) groups is 1. The van der Waals surface area contributed by atoms with E-state index in [0.717, 1.165) is 11.3 Å². The number of hydrogen-bond donors (Lipinski definition) is 1. The summed E-state index contributed by atoms with van der Waals surface area (Å²) in [5, 5.41) is 5.07. The van der Waals surface area contributed by atoms with Crippen molar-refractivity contribution >= 4 is 17.2 Å². The molecule has 2 aromatic rings. The van der Waals surface area contributed by atoms with Crippen LogP contribution >= 0.6 is 11.3 Å². The van der Waals surface area contributed by atoms with Gasteiger partial charge in [0.05, 0.1) is 7.11 Å². The zero-order valence-corrected chi connectivity index (χ0v) is 10.2. The van der Waals surface area contributed by atoms with Crippen LogP contribution in [-0.4, -0.2) is 18.0 Å². The Kier molecular flexibility index (Phi) is 3.72. The molecule has 0 aliphatic rings. The molecule has 0 saturated heterocycles. The summed E-state index contributed by atoms with van der Waals surface area (Å²) in [7, 11) is 1.62. The maximum absolute atomic E-state index is 11.6. The Morgan fingerprint density at radius 2 is 2.18 bits per heavy atom. The summed E-state index contributed by atoms with van der Waals surface area (Å²) in [6.45, 7) is 0.488. The Bertz CT molecular complexity index is 480. The average Bonchev–Trinajstić information content (AvgIpc) is 2.90. The number of thiazole rings is 1. The molecule has 0 spiro atoms. The van der Waals surface area contributed by atoms with Crippen molar-refractivity contribution in [3.05, 3.63) is 46.4 Å². The highest BCUT2D eigenvalue weighted by Crippen LogP contribution is 2.11. The van der Waals surface area contributed by atoms with Gasteiger partial charge in [-0.2, -0.15) is 0 Å². The second-order valence-electron chi connectivity index (χ2n) is 3.37. The minimum Gasteiger partial charge on any atom is -0.497 e. The molecule has 1 aromatic carbocycles. The molecule has 0 aliphatic carbocycles. The van der Waals surface area contributed by atoms with Gasteiger partial charge in [-0.15, -0.1) is 11.3 Å². The minimum absolute atomic E-state index is 0.143. The van der Waals surface area contributed by atoms with E-state index in [-0.39, 0.29) is 5.91 Å². The molecule has 1 aromatic heterocycles. The first-order valence-electron chi connectivity index (χ1n) is 5.10. The standard InChI is InChI=1S/C12H12N2O2S/c1-16-10-4-2-9(3-5-10)8-14-11(15)12-13-6-7-17-12/h2-7H,8H2,1H3,(H,14,15). The summed E-state index contributed by atoms with van der Waals surface area (Å²) in [6, 6.07) is 7.57. The Morgan fingerprint density at radius 1 is 1.41 bits per heavy atom. The van der Waals surface area contributed by atoms with Crippen molar-refractivity contribution in [1.82, 2.24) is 10.3 Å². The molecule has 1 heterocycles. The van der Waals surface area contributed by atoms with Crippen LogP contribution < -0.4 is 10.1 Å². The van der Waals surface area contributed by atoms with Gasteiger partial charge in [-0.05, 0) is 17.7 Å². The fourth-order valence-electron chi connectivity index (χ4n) is 1.34. The first-order valence-corrected chi connectivity index (χ1v) is 5.98. The summed E-state index contributed by atoms with van der Waals surface area (Å²) in [6.07, 6.45) is 1.62. The van der Waals surface area contributed by atoms with Gasteiger partial charge in [0, 0.05) is 18.1 Å². The number of benzene rings is 1. The Hall–Kier alpha value is -1.88. The smallest absolute Gasteiger partial charge is 0.280 e. The van der Waals surface area contributed by atoms with Crippen LogP contribution in [0.3, 0.4) is 0 Å². The Morgan fingerprint density at radius 3 is 2.76 bits per heavy atom. The van der Waals surface area contributed by atoms with Crippen molar-refractivity contribution in [1.29, 1.82) is 0 Å². The van der Waals surface area contributed by atoms with Crippen LogP contribution in [0.5, 0.6) is 5.75 Å². The fourth-order valence-corrected chi connectivity index (χ4v) is 1.89. The van der Waals surface area contributed by atoms with Gasteiger partial charge in [-0.1, -0.05) is 12.1 Å².